The smallest absolute Gasteiger partial charge is 0.266 e. The van der Waals surface area contributed by atoms with Gasteiger partial charge in [0.2, 0.25) is 0 Å². The Hall–Kier alpha value is -2.30. The summed E-state index contributed by atoms with van der Waals surface area (Å²) in [6.45, 7) is 0. The molecule has 0 bridgehead atoms. The summed E-state index contributed by atoms with van der Waals surface area (Å²) in [7, 11) is 0. The van der Waals surface area contributed by atoms with Crippen molar-refractivity contribution in [1.29, 1.82) is 5.26 Å². The highest BCUT2D eigenvalue weighted by atomic mass is 79.9. The molecule has 0 radical (unpaired) electrons. The number of hydrogen-bond donors (Lipinski definition) is 3. The van der Waals surface area contributed by atoms with Gasteiger partial charge in [0.15, 0.2) is 0 Å². The topological polar surface area (TPSA) is 93.3 Å². The molecule has 0 atom stereocenters. The van der Waals surface area contributed by atoms with E-state index in [1.807, 2.05) is 6.07 Å². The maximum absolute atomic E-state index is 12.2. The van der Waals surface area contributed by atoms with Crippen molar-refractivity contribution < 1.29 is 15.0 Å². The van der Waals surface area contributed by atoms with E-state index in [4.69, 9.17) is 0 Å². The molecule has 0 aliphatic rings. The molecule has 3 N–H and O–H groups in total. The maximum atomic E-state index is 12.2. The molecule has 0 unspecified atom stereocenters. The molecule has 0 aromatic heterocycles. The van der Waals surface area contributed by atoms with Crippen LogP contribution in [0.25, 0.3) is 6.08 Å². The first-order chi connectivity index (χ1) is 10.9. The molecule has 1 amide bonds. The molecule has 0 saturated carbocycles. The monoisotopic (exact) mass is 436 g/mol. The minimum absolute atomic E-state index is 0.142. The van der Waals surface area contributed by atoms with Gasteiger partial charge in [-0.2, -0.15) is 5.26 Å². The summed E-state index contributed by atoms with van der Waals surface area (Å²) in [5, 5.41) is 31.0. The van der Waals surface area contributed by atoms with Crippen LogP contribution in [0.2, 0.25) is 0 Å². The number of phenolic OH excluding ortho intramolecular Hbond substituents is 2. The van der Waals surface area contributed by atoms with E-state index in [0.717, 1.165) is 10.5 Å². The molecule has 5 nitrogen and oxygen atoms in total. The molecule has 0 heterocycles. The molecule has 2 rings (SSSR count). The zero-order chi connectivity index (χ0) is 17.0. The number of carbonyl (C=O) groups is 1. The van der Waals surface area contributed by atoms with Crippen LogP contribution in [-0.4, -0.2) is 16.1 Å². The highest BCUT2D eigenvalue weighted by Gasteiger charge is 2.12. The van der Waals surface area contributed by atoms with Gasteiger partial charge in [-0.25, -0.2) is 0 Å². The fourth-order valence-electron chi connectivity index (χ4n) is 1.75. The van der Waals surface area contributed by atoms with E-state index < -0.39 is 5.91 Å². The van der Waals surface area contributed by atoms with Crippen molar-refractivity contribution >= 4 is 49.5 Å². The molecule has 0 saturated heterocycles. The quantitative estimate of drug-likeness (QED) is 0.496. The summed E-state index contributed by atoms with van der Waals surface area (Å²) in [4.78, 5) is 12.2. The second-order valence-electron chi connectivity index (χ2n) is 4.50. The van der Waals surface area contributed by atoms with Gasteiger partial charge in [0, 0.05) is 21.8 Å². The summed E-state index contributed by atoms with van der Waals surface area (Å²) in [6.07, 6.45) is 1.24. The van der Waals surface area contributed by atoms with Crippen LogP contribution in [0.15, 0.2) is 50.9 Å². The van der Waals surface area contributed by atoms with Gasteiger partial charge in [-0.05, 0) is 46.3 Å². The highest BCUT2D eigenvalue weighted by Crippen LogP contribution is 2.32. The first kappa shape index (κ1) is 17.1. The molecule has 7 heteroatoms. The molecule has 116 valence electrons. The highest BCUT2D eigenvalue weighted by molar-refractivity contribution is 9.10. The van der Waals surface area contributed by atoms with Gasteiger partial charge in [-0.15, -0.1) is 0 Å². The van der Waals surface area contributed by atoms with E-state index in [2.05, 4.69) is 37.2 Å². The molecule has 0 aliphatic heterocycles. The number of nitrogens with zero attached hydrogens (tertiary/aromatic N) is 1. The Labute approximate surface area is 149 Å². The zero-order valence-electron chi connectivity index (χ0n) is 11.5. The maximum Gasteiger partial charge on any atom is 0.266 e. The van der Waals surface area contributed by atoms with Crippen molar-refractivity contribution in [1.82, 2.24) is 0 Å². The Balaban J connectivity index is 2.30. The number of nitrogens with one attached hydrogen (secondary N) is 1. The third-order valence-electron chi connectivity index (χ3n) is 2.84. The molecule has 0 spiro atoms. The van der Waals surface area contributed by atoms with Crippen molar-refractivity contribution in [2.75, 3.05) is 5.32 Å². The van der Waals surface area contributed by atoms with Crippen molar-refractivity contribution in [2.24, 2.45) is 0 Å². The van der Waals surface area contributed by atoms with Crippen LogP contribution in [-0.2, 0) is 4.79 Å². The van der Waals surface area contributed by atoms with Gasteiger partial charge >= 0.3 is 0 Å². The van der Waals surface area contributed by atoms with Crippen LogP contribution in [0.5, 0.6) is 11.5 Å². The molecule has 0 aliphatic carbocycles. The number of rotatable bonds is 3. The number of nitriles is 1. The zero-order valence-corrected chi connectivity index (χ0v) is 14.7. The first-order valence-corrected chi connectivity index (χ1v) is 7.89. The summed E-state index contributed by atoms with van der Waals surface area (Å²) in [5.41, 5.74) is 0.579. The number of carbonyl (C=O) groups excluding carboxylic acids is 1. The summed E-state index contributed by atoms with van der Waals surface area (Å²) in [5.74, 6) is -0.986. The number of amides is 1. The number of benzene rings is 2. The lowest BCUT2D eigenvalue weighted by molar-refractivity contribution is -0.112. The number of halogens is 2. The Morgan fingerprint density at radius 2 is 1.91 bits per heavy atom. The minimum Gasteiger partial charge on any atom is -0.507 e. The molecule has 23 heavy (non-hydrogen) atoms. The normalized spacial score (nSPS) is 10.9. The van der Waals surface area contributed by atoms with Crippen molar-refractivity contribution in [3.8, 4) is 17.6 Å². The third-order valence-corrected chi connectivity index (χ3v) is 3.97. The minimum atomic E-state index is -0.603. The second kappa shape index (κ2) is 7.31. The van der Waals surface area contributed by atoms with Gasteiger partial charge in [0.05, 0.1) is 4.47 Å². The number of anilines is 1. The number of aromatic hydroxyl groups is 2. The first-order valence-electron chi connectivity index (χ1n) is 6.31. The van der Waals surface area contributed by atoms with Crippen LogP contribution in [0.4, 0.5) is 5.69 Å². The fraction of sp³-hybridized carbons (Fsp3) is 0. The van der Waals surface area contributed by atoms with Crippen LogP contribution in [0, 0.1) is 11.3 Å². The van der Waals surface area contributed by atoms with E-state index in [9.17, 15) is 20.3 Å². The van der Waals surface area contributed by atoms with Crippen LogP contribution in [0.1, 0.15) is 5.56 Å². The van der Waals surface area contributed by atoms with Crippen LogP contribution in [0.3, 0.4) is 0 Å². The molecule has 2 aromatic rings. The third kappa shape index (κ3) is 4.34. The van der Waals surface area contributed by atoms with E-state index >= 15 is 0 Å². The van der Waals surface area contributed by atoms with E-state index in [-0.39, 0.29) is 22.6 Å². The van der Waals surface area contributed by atoms with Crippen LogP contribution < -0.4 is 5.32 Å². The molecule has 2 aromatic carbocycles. The van der Waals surface area contributed by atoms with E-state index in [1.165, 1.54) is 12.1 Å². The second-order valence-corrected chi connectivity index (χ2v) is 6.27. The predicted molar refractivity (Wildman–Crippen MR) is 93.8 cm³/mol. The molecule has 0 fully saturated rings. The predicted octanol–water partition coefficient (Wildman–Crippen LogP) is 4.17. The number of hydrogen-bond acceptors (Lipinski definition) is 4. The van der Waals surface area contributed by atoms with Crippen molar-refractivity contribution in [2.45, 2.75) is 0 Å². The Morgan fingerprint density at radius 1 is 1.17 bits per heavy atom. The lowest BCUT2D eigenvalue weighted by Gasteiger charge is -2.06. The summed E-state index contributed by atoms with van der Waals surface area (Å²) >= 11 is 6.40. The van der Waals surface area contributed by atoms with Gasteiger partial charge in [0.25, 0.3) is 5.91 Å². The lowest BCUT2D eigenvalue weighted by atomic mass is 10.1. The van der Waals surface area contributed by atoms with Gasteiger partial charge in [-0.3, -0.25) is 4.79 Å². The molecular weight excluding hydrogens is 428 g/mol. The van der Waals surface area contributed by atoms with Crippen molar-refractivity contribution in [3.63, 3.8) is 0 Å². The molecular formula is C16H10Br2N2O3. The SMILES string of the molecule is N#C/C(=C/c1cc(Br)c(O)cc1O)C(=O)Nc1cccc(Br)c1. The summed E-state index contributed by atoms with van der Waals surface area (Å²) in [6, 6.07) is 11.3. The average molecular weight is 438 g/mol. The Bertz CT molecular complexity index is 842. The van der Waals surface area contributed by atoms with E-state index in [1.54, 1.807) is 24.3 Å². The van der Waals surface area contributed by atoms with Gasteiger partial charge in [-0.1, -0.05) is 22.0 Å². The van der Waals surface area contributed by atoms with E-state index in [0.29, 0.717) is 10.2 Å². The Morgan fingerprint density at radius 3 is 2.57 bits per heavy atom. The number of phenols is 2. The fourth-order valence-corrected chi connectivity index (χ4v) is 2.51. The Kier molecular flexibility index (Phi) is 5.42. The van der Waals surface area contributed by atoms with Gasteiger partial charge < -0.3 is 15.5 Å². The average Bonchev–Trinajstić information content (AvgIpc) is 2.49. The summed E-state index contributed by atoms with van der Waals surface area (Å²) < 4.78 is 1.13. The lowest BCUT2D eigenvalue weighted by Crippen LogP contribution is -2.13. The van der Waals surface area contributed by atoms with Crippen LogP contribution >= 0.6 is 31.9 Å². The van der Waals surface area contributed by atoms with Gasteiger partial charge in [0.1, 0.15) is 23.1 Å². The largest absolute Gasteiger partial charge is 0.507 e. The standard InChI is InChI=1S/C16H10Br2N2O3/c17-11-2-1-3-12(6-11)20-16(23)10(8-19)4-9-5-13(18)15(22)7-14(9)21/h1-7,21-22H,(H,20,23)/b10-4-. The van der Waals surface area contributed by atoms with Crippen molar-refractivity contribution in [3.05, 3.63) is 56.5 Å².